The van der Waals surface area contributed by atoms with Crippen LogP contribution in [0.15, 0.2) is 23.1 Å². The van der Waals surface area contributed by atoms with Crippen LogP contribution in [0.2, 0.25) is 0 Å². The van der Waals surface area contributed by atoms with Crippen LogP contribution in [0, 0.1) is 15.5 Å². The normalized spacial score (nSPS) is 16.2. The summed E-state index contributed by atoms with van der Waals surface area (Å²) in [5.41, 5.74) is -0.413. The van der Waals surface area contributed by atoms with Crippen LogP contribution in [0.4, 0.5) is 10.1 Å². The van der Waals surface area contributed by atoms with Crippen molar-refractivity contribution in [1.29, 1.82) is 0 Å². The molecular weight excluding hydrogens is 347 g/mol. The number of nitro groups is 1. The molecule has 0 saturated heterocycles. The van der Waals surface area contributed by atoms with Crippen molar-refractivity contribution in [2.45, 2.75) is 37.0 Å². The van der Waals surface area contributed by atoms with Gasteiger partial charge in [-0.2, -0.15) is 0 Å². The van der Waals surface area contributed by atoms with Crippen molar-refractivity contribution in [2.75, 3.05) is 33.1 Å². The highest BCUT2D eigenvalue weighted by Crippen LogP contribution is 2.48. The predicted molar refractivity (Wildman–Crippen MR) is 94.3 cm³/mol. The second-order valence-electron chi connectivity index (χ2n) is 7.20. The van der Waals surface area contributed by atoms with Crippen LogP contribution in [-0.2, 0) is 16.3 Å². The van der Waals surface area contributed by atoms with Crippen molar-refractivity contribution in [3.8, 4) is 0 Å². The zero-order valence-electron chi connectivity index (χ0n) is 14.7. The molecule has 0 spiro atoms. The van der Waals surface area contributed by atoms with E-state index >= 15 is 0 Å². The van der Waals surface area contributed by atoms with Gasteiger partial charge in [-0.15, -0.1) is 0 Å². The molecule has 140 valence electrons. The molecule has 6 nitrogen and oxygen atoms in total. The van der Waals surface area contributed by atoms with Gasteiger partial charge >= 0.3 is 0 Å². The first-order chi connectivity index (χ1) is 11.7. The van der Waals surface area contributed by atoms with E-state index in [-0.39, 0.29) is 16.3 Å². The Kier molecular flexibility index (Phi) is 6.16. The van der Waals surface area contributed by atoms with Crippen LogP contribution in [0.1, 0.15) is 31.2 Å². The van der Waals surface area contributed by atoms with Crippen LogP contribution in [-0.4, -0.2) is 51.3 Å². The highest BCUT2D eigenvalue weighted by molar-refractivity contribution is 7.91. The molecule has 1 aromatic rings. The molecule has 1 aliphatic rings. The van der Waals surface area contributed by atoms with Gasteiger partial charge in [0.05, 0.1) is 22.2 Å². The summed E-state index contributed by atoms with van der Waals surface area (Å²) in [7, 11) is 0.201. The number of nitro benzene ring substituents is 1. The van der Waals surface area contributed by atoms with Crippen LogP contribution >= 0.6 is 0 Å². The quantitative estimate of drug-likeness (QED) is 0.358. The molecule has 1 fully saturated rings. The Labute approximate surface area is 148 Å². The van der Waals surface area contributed by atoms with E-state index in [4.69, 9.17) is 0 Å². The Hall–Kier alpha value is -1.54. The molecule has 0 aromatic heterocycles. The number of hydrogen-bond donors (Lipinski definition) is 0. The molecule has 0 unspecified atom stereocenters. The number of halogens is 1. The average molecular weight is 372 g/mol. The number of hydrogen-bond acceptors (Lipinski definition) is 5. The van der Waals surface area contributed by atoms with Crippen molar-refractivity contribution >= 4 is 15.5 Å². The Morgan fingerprint density at radius 3 is 2.48 bits per heavy atom. The molecule has 0 N–H and O–H groups in total. The Morgan fingerprint density at radius 2 is 1.96 bits per heavy atom. The van der Waals surface area contributed by atoms with E-state index in [0.717, 1.165) is 25.5 Å². The molecule has 0 amide bonds. The number of nitrogens with zero attached hydrogens (tertiary/aromatic N) is 2. The summed E-state index contributed by atoms with van der Waals surface area (Å²) in [4.78, 5) is 12.8. The monoisotopic (exact) mass is 372 g/mol. The average Bonchev–Trinajstić information content (AvgIpc) is 3.30. The number of sulfone groups is 1. The highest BCUT2D eigenvalue weighted by Gasteiger charge is 2.46. The summed E-state index contributed by atoms with van der Waals surface area (Å²) in [5, 5.41) is 11.3. The fourth-order valence-corrected chi connectivity index (χ4v) is 4.75. The maximum Gasteiger partial charge on any atom is 0.273 e. The van der Waals surface area contributed by atoms with Crippen molar-refractivity contribution in [2.24, 2.45) is 5.41 Å². The summed E-state index contributed by atoms with van der Waals surface area (Å²) in [5.74, 6) is -0.282. The summed E-state index contributed by atoms with van der Waals surface area (Å²) in [6.07, 6.45) is 3.32. The smallest absolute Gasteiger partial charge is 0.273 e. The number of aryl methyl sites for hydroxylation is 1. The van der Waals surface area contributed by atoms with Crippen LogP contribution < -0.4 is 0 Å². The molecule has 0 heterocycles. The number of alkyl halides is 1. The van der Waals surface area contributed by atoms with E-state index < -0.39 is 26.9 Å². The van der Waals surface area contributed by atoms with Gasteiger partial charge in [-0.05, 0) is 58.8 Å². The van der Waals surface area contributed by atoms with Crippen LogP contribution in [0.5, 0.6) is 0 Å². The van der Waals surface area contributed by atoms with Gasteiger partial charge in [0.25, 0.3) is 5.69 Å². The predicted octanol–water partition coefficient (Wildman–Crippen LogP) is 3.00. The molecule has 0 bridgehead atoms. The van der Waals surface area contributed by atoms with E-state index in [1.807, 2.05) is 19.0 Å². The van der Waals surface area contributed by atoms with Gasteiger partial charge in [-0.3, -0.25) is 14.5 Å². The lowest BCUT2D eigenvalue weighted by Crippen LogP contribution is -2.19. The zero-order valence-corrected chi connectivity index (χ0v) is 15.5. The van der Waals surface area contributed by atoms with Crippen molar-refractivity contribution in [3.63, 3.8) is 0 Å². The van der Waals surface area contributed by atoms with Crippen molar-refractivity contribution in [1.82, 2.24) is 4.90 Å². The van der Waals surface area contributed by atoms with Gasteiger partial charge in [-0.25, -0.2) is 8.42 Å². The molecule has 8 heteroatoms. The topological polar surface area (TPSA) is 80.5 Å². The minimum Gasteiger partial charge on any atom is -0.309 e. The van der Waals surface area contributed by atoms with E-state index in [2.05, 4.69) is 0 Å². The summed E-state index contributed by atoms with van der Waals surface area (Å²) >= 11 is 0. The third kappa shape index (κ3) is 5.22. The molecule has 1 aromatic carbocycles. The van der Waals surface area contributed by atoms with Gasteiger partial charge in [0, 0.05) is 17.0 Å². The summed E-state index contributed by atoms with van der Waals surface area (Å²) < 4.78 is 38.0. The third-order valence-electron chi connectivity index (χ3n) is 4.65. The zero-order chi connectivity index (χ0) is 18.7. The number of unbranched alkanes of at least 4 members (excludes halogenated alkanes) is 1. The lowest BCUT2D eigenvalue weighted by Gasteiger charge is -2.12. The maximum atomic E-state index is 13.0. The Morgan fingerprint density at radius 1 is 1.28 bits per heavy atom. The second kappa shape index (κ2) is 7.78. The number of benzene rings is 1. The minimum absolute atomic E-state index is 0.0871. The molecular formula is C17H25FN2O4S. The lowest BCUT2D eigenvalue weighted by molar-refractivity contribution is -0.385. The Balaban J connectivity index is 2.16. The molecule has 2 rings (SSSR count). The van der Waals surface area contributed by atoms with Crippen LogP contribution in [0.25, 0.3) is 0 Å². The number of rotatable bonds is 10. The van der Waals surface area contributed by atoms with Gasteiger partial charge < -0.3 is 4.90 Å². The fourth-order valence-electron chi connectivity index (χ4n) is 2.84. The fraction of sp³-hybridized carbons (Fsp3) is 0.647. The SMILES string of the molecule is CN(C)CCCCc1ccc(S(=O)(=O)CC2(CF)CC2)cc1[N+](=O)[O-]. The van der Waals surface area contributed by atoms with Crippen LogP contribution in [0.3, 0.4) is 0 Å². The molecule has 1 aliphatic carbocycles. The highest BCUT2D eigenvalue weighted by atomic mass is 32.2. The Bertz CT molecular complexity index is 730. The van der Waals surface area contributed by atoms with Crippen molar-refractivity contribution in [3.05, 3.63) is 33.9 Å². The van der Waals surface area contributed by atoms with Crippen molar-refractivity contribution < 1.29 is 17.7 Å². The summed E-state index contributed by atoms with van der Waals surface area (Å²) in [6.45, 7) is 0.226. The van der Waals surface area contributed by atoms with Gasteiger partial charge in [0.2, 0.25) is 0 Å². The first-order valence-corrected chi connectivity index (χ1v) is 10.1. The maximum absolute atomic E-state index is 13.0. The van der Waals surface area contributed by atoms with Gasteiger partial charge in [-0.1, -0.05) is 6.07 Å². The first-order valence-electron chi connectivity index (χ1n) is 8.40. The van der Waals surface area contributed by atoms with E-state index in [1.165, 1.54) is 12.1 Å². The molecule has 25 heavy (non-hydrogen) atoms. The standard InChI is InChI=1S/C17H25FN2O4S/c1-19(2)10-4-3-5-14-6-7-15(11-16(14)20(21)22)25(23,24)13-17(12-18)8-9-17/h6-7,11H,3-5,8-10,12-13H2,1-2H3. The summed E-state index contributed by atoms with van der Waals surface area (Å²) in [6, 6.07) is 4.07. The lowest BCUT2D eigenvalue weighted by atomic mass is 10.1. The molecule has 1 saturated carbocycles. The van der Waals surface area contributed by atoms with E-state index in [9.17, 15) is 22.9 Å². The molecule has 0 atom stereocenters. The van der Waals surface area contributed by atoms with Gasteiger partial charge in [0.15, 0.2) is 9.84 Å². The van der Waals surface area contributed by atoms with Gasteiger partial charge in [0.1, 0.15) is 0 Å². The molecule has 0 radical (unpaired) electrons. The second-order valence-corrected chi connectivity index (χ2v) is 9.19. The minimum atomic E-state index is -3.73. The van der Waals surface area contributed by atoms with E-state index in [1.54, 1.807) is 0 Å². The first kappa shape index (κ1) is 19.8. The van der Waals surface area contributed by atoms with E-state index in [0.29, 0.717) is 24.8 Å². The molecule has 0 aliphatic heterocycles. The third-order valence-corrected chi connectivity index (χ3v) is 6.62. The largest absolute Gasteiger partial charge is 0.309 e.